The van der Waals surface area contributed by atoms with Crippen LogP contribution < -0.4 is 9.47 Å². The summed E-state index contributed by atoms with van der Waals surface area (Å²) in [6.07, 6.45) is 1.58. The van der Waals surface area contributed by atoms with Gasteiger partial charge in [0.2, 0.25) is 5.90 Å². The predicted octanol–water partition coefficient (Wildman–Crippen LogP) is 5.67. The van der Waals surface area contributed by atoms with Crippen LogP contribution in [0, 0.1) is 0 Å². The number of esters is 2. The van der Waals surface area contributed by atoms with E-state index in [1.54, 1.807) is 72.8 Å². The van der Waals surface area contributed by atoms with Crippen molar-refractivity contribution in [3.8, 4) is 11.5 Å². The first-order valence-electron chi connectivity index (χ1n) is 9.37. The molecule has 0 unspecified atom stereocenters. The lowest BCUT2D eigenvalue weighted by molar-refractivity contribution is -0.129. The van der Waals surface area contributed by atoms with Crippen LogP contribution in [0.1, 0.15) is 21.5 Å². The van der Waals surface area contributed by atoms with Gasteiger partial charge < -0.3 is 14.2 Å². The molecule has 0 amide bonds. The molecule has 0 spiro atoms. The van der Waals surface area contributed by atoms with Gasteiger partial charge in [-0.25, -0.2) is 14.6 Å². The Kier molecular flexibility index (Phi) is 6.39. The Morgan fingerprint density at radius 3 is 2.47 bits per heavy atom. The third kappa shape index (κ3) is 4.90. The summed E-state index contributed by atoms with van der Waals surface area (Å²) in [5, 5.41) is 0.463. The zero-order valence-corrected chi connectivity index (χ0v) is 19.0. The van der Waals surface area contributed by atoms with Crippen molar-refractivity contribution >= 4 is 51.4 Å². The number of cyclic esters (lactones) is 1. The van der Waals surface area contributed by atoms with Gasteiger partial charge in [-0.2, -0.15) is 0 Å². The Balaban J connectivity index is 1.51. The molecule has 0 fully saturated rings. The van der Waals surface area contributed by atoms with E-state index in [1.165, 1.54) is 7.11 Å². The van der Waals surface area contributed by atoms with Crippen molar-refractivity contribution in [2.45, 2.75) is 0 Å². The van der Waals surface area contributed by atoms with Gasteiger partial charge in [0, 0.05) is 9.50 Å². The maximum atomic E-state index is 12.3. The number of benzene rings is 3. The molecule has 160 valence electrons. The minimum Gasteiger partial charge on any atom is -0.496 e. The van der Waals surface area contributed by atoms with Gasteiger partial charge in [-0.15, -0.1) is 0 Å². The van der Waals surface area contributed by atoms with Gasteiger partial charge in [-0.05, 0) is 66.2 Å². The monoisotopic (exact) mass is 511 g/mol. The summed E-state index contributed by atoms with van der Waals surface area (Å²) < 4.78 is 16.8. The summed E-state index contributed by atoms with van der Waals surface area (Å²) in [6.45, 7) is 0. The van der Waals surface area contributed by atoms with E-state index >= 15 is 0 Å². The van der Waals surface area contributed by atoms with Crippen LogP contribution in [0.4, 0.5) is 0 Å². The first-order chi connectivity index (χ1) is 15.4. The molecule has 0 bridgehead atoms. The molecular formula is C24H15BrClNO5. The van der Waals surface area contributed by atoms with Gasteiger partial charge in [0.25, 0.3) is 0 Å². The standard InChI is InChI=1S/C24H15BrClNO5/c1-30-21-11-8-17(26)13-19(21)22-27-20(24(29)32-22)12-14-2-9-18(10-3-14)31-23(28)15-4-6-16(25)7-5-15/h2-13H,1H3/b20-12+. The van der Waals surface area contributed by atoms with Gasteiger partial charge in [0.05, 0.1) is 18.2 Å². The highest BCUT2D eigenvalue weighted by molar-refractivity contribution is 9.10. The van der Waals surface area contributed by atoms with E-state index in [-0.39, 0.29) is 11.6 Å². The number of ether oxygens (including phenoxy) is 3. The van der Waals surface area contributed by atoms with E-state index in [9.17, 15) is 9.59 Å². The molecule has 6 nitrogen and oxygen atoms in total. The molecule has 32 heavy (non-hydrogen) atoms. The van der Waals surface area contributed by atoms with Gasteiger partial charge in [-0.1, -0.05) is 39.7 Å². The highest BCUT2D eigenvalue weighted by Crippen LogP contribution is 2.28. The molecule has 4 rings (SSSR count). The molecule has 3 aromatic rings. The number of hydrogen-bond donors (Lipinski definition) is 0. The molecule has 0 aliphatic carbocycles. The maximum absolute atomic E-state index is 12.3. The zero-order valence-electron chi connectivity index (χ0n) is 16.7. The molecule has 1 aliphatic heterocycles. The van der Waals surface area contributed by atoms with Crippen molar-refractivity contribution < 1.29 is 23.8 Å². The van der Waals surface area contributed by atoms with E-state index in [0.717, 1.165) is 4.47 Å². The van der Waals surface area contributed by atoms with Crippen LogP contribution in [0.5, 0.6) is 11.5 Å². The summed E-state index contributed by atoms with van der Waals surface area (Å²) >= 11 is 9.37. The number of rotatable bonds is 5. The Bertz CT molecular complexity index is 1250. The maximum Gasteiger partial charge on any atom is 0.363 e. The number of methoxy groups -OCH3 is 1. The third-order valence-corrected chi connectivity index (χ3v) is 5.25. The van der Waals surface area contributed by atoms with Crippen molar-refractivity contribution in [3.63, 3.8) is 0 Å². The summed E-state index contributed by atoms with van der Waals surface area (Å²) in [5.41, 5.74) is 1.73. The molecule has 8 heteroatoms. The Labute approximate surface area is 197 Å². The summed E-state index contributed by atoms with van der Waals surface area (Å²) in [6, 6.07) is 18.5. The van der Waals surface area contributed by atoms with Crippen molar-refractivity contribution in [2.75, 3.05) is 7.11 Å². The number of carbonyl (C=O) groups excluding carboxylic acids is 2. The van der Waals surface area contributed by atoms with Gasteiger partial charge in [0.15, 0.2) is 5.70 Å². The lowest BCUT2D eigenvalue weighted by atomic mass is 10.2. The molecule has 0 aromatic heterocycles. The second-order valence-electron chi connectivity index (χ2n) is 6.65. The van der Waals surface area contributed by atoms with E-state index in [0.29, 0.717) is 33.2 Å². The Morgan fingerprint density at radius 1 is 1.06 bits per heavy atom. The summed E-state index contributed by atoms with van der Waals surface area (Å²) in [5.74, 6) is -0.0813. The number of halogens is 2. The van der Waals surface area contributed by atoms with Gasteiger partial charge in [0.1, 0.15) is 11.5 Å². The largest absolute Gasteiger partial charge is 0.496 e. The highest BCUT2D eigenvalue weighted by atomic mass is 79.9. The van der Waals surface area contributed by atoms with Crippen molar-refractivity contribution in [1.82, 2.24) is 0 Å². The fourth-order valence-corrected chi connectivity index (χ4v) is 3.35. The van der Waals surface area contributed by atoms with E-state index in [2.05, 4.69) is 20.9 Å². The Hall–Kier alpha value is -3.42. The molecule has 1 aliphatic rings. The number of hydrogen-bond acceptors (Lipinski definition) is 6. The summed E-state index contributed by atoms with van der Waals surface area (Å²) in [4.78, 5) is 28.8. The minimum absolute atomic E-state index is 0.112. The van der Waals surface area contributed by atoms with Crippen molar-refractivity contribution in [3.05, 3.63) is 98.6 Å². The molecular weight excluding hydrogens is 498 g/mol. The zero-order chi connectivity index (χ0) is 22.7. The molecule has 0 N–H and O–H groups in total. The average Bonchev–Trinajstić information content (AvgIpc) is 3.15. The third-order valence-electron chi connectivity index (χ3n) is 4.49. The van der Waals surface area contributed by atoms with Crippen molar-refractivity contribution in [2.24, 2.45) is 4.99 Å². The van der Waals surface area contributed by atoms with Crippen LogP contribution in [-0.2, 0) is 9.53 Å². The molecule has 0 saturated heterocycles. The lowest BCUT2D eigenvalue weighted by Gasteiger charge is -2.07. The van der Waals surface area contributed by atoms with Gasteiger partial charge in [-0.3, -0.25) is 0 Å². The molecule has 3 aromatic carbocycles. The van der Waals surface area contributed by atoms with E-state index in [4.69, 9.17) is 25.8 Å². The smallest absolute Gasteiger partial charge is 0.363 e. The minimum atomic E-state index is -0.590. The second-order valence-corrected chi connectivity index (χ2v) is 8.00. The van der Waals surface area contributed by atoms with Crippen LogP contribution in [0.3, 0.4) is 0 Å². The van der Waals surface area contributed by atoms with E-state index in [1.807, 2.05) is 0 Å². The van der Waals surface area contributed by atoms with Crippen LogP contribution >= 0.6 is 27.5 Å². The fourth-order valence-electron chi connectivity index (χ4n) is 2.91. The summed E-state index contributed by atoms with van der Waals surface area (Å²) in [7, 11) is 1.51. The first-order valence-corrected chi connectivity index (χ1v) is 10.5. The molecule has 0 saturated carbocycles. The quantitative estimate of drug-likeness (QED) is 0.250. The SMILES string of the molecule is COc1ccc(Cl)cc1C1=N/C(=C/c2ccc(OC(=O)c3ccc(Br)cc3)cc2)C(=O)O1. The lowest BCUT2D eigenvalue weighted by Crippen LogP contribution is -2.08. The molecule has 0 atom stereocenters. The second kappa shape index (κ2) is 9.38. The Morgan fingerprint density at radius 2 is 1.78 bits per heavy atom. The normalized spacial score (nSPS) is 14.2. The molecule has 1 heterocycles. The number of nitrogens with zero attached hydrogens (tertiary/aromatic N) is 1. The molecule has 0 radical (unpaired) electrons. The predicted molar refractivity (Wildman–Crippen MR) is 124 cm³/mol. The fraction of sp³-hybridized carbons (Fsp3) is 0.0417. The van der Waals surface area contributed by atoms with Crippen molar-refractivity contribution in [1.29, 1.82) is 0 Å². The number of aliphatic imine (C=N–C) groups is 1. The first kappa shape index (κ1) is 21.8. The average molecular weight is 513 g/mol. The topological polar surface area (TPSA) is 74.2 Å². The highest BCUT2D eigenvalue weighted by Gasteiger charge is 2.26. The number of carbonyl (C=O) groups is 2. The van der Waals surface area contributed by atoms with Crippen LogP contribution in [0.2, 0.25) is 5.02 Å². The van der Waals surface area contributed by atoms with Crippen LogP contribution in [0.25, 0.3) is 6.08 Å². The van der Waals surface area contributed by atoms with Gasteiger partial charge >= 0.3 is 11.9 Å². The van der Waals surface area contributed by atoms with Crippen LogP contribution in [-0.4, -0.2) is 24.9 Å². The van der Waals surface area contributed by atoms with Crippen LogP contribution in [0.15, 0.2) is 81.9 Å². The van der Waals surface area contributed by atoms with E-state index < -0.39 is 11.9 Å².